The van der Waals surface area contributed by atoms with Gasteiger partial charge in [-0.25, -0.2) is 8.42 Å². The molecule has 2 aromatic carbocycles. The fraction of sp³-hybridized carbons (Fsp3) is 0.480. The second kappa shape index (κ2) is 11.4. The number of aryl methyl sites for hydroxylation is 1. The van der Waals surface area contributed by atoms with E-state index in [1.54, 1.807) is 25.1 Å². The summed E-state index contributed by atoms with van der Waals surface area (Å²) in [6.45, 7) is 7.16. The predicted octanol–water partition coefficient (Wildman–Crippen LogP) is 4.50. The summed E-state index contributed by atoms with van der Waals surface area (Å²) < 4.78 is 26.4. The number of halogens is 1. The van der Waals surface area contributed by atoms with E-state index < -0.39 is 16.1 Å². The first-order valence-corrected chi connectivity index (χ1v) is 13.7. The molecule has 0 unspecified atom stereocenters. The van der Waals surface area contributed by atoms with Crippen LogP contribution in [-0.2, 0) is 27.9 Å². The monoisotopic (exact) mass is 491 g/mol. The average molecular weight is 492 g/mol. The summed E-state index contributed by atoms with van der Waals surface area (Å²) in [5, 5.41) is 3.40. The van der Waals surface area contributed by atoms with Gasteiger partial charge in [0, 0.05) is 18.1 Å². The molecule has 3 rings (SSSR count). The average Bonchev–Trinajstić information content (AvgIpc) is 2.78. The summed E-state index contributed by atoms with van der Waals surface area (Å²) in [5.74, 6) is -0.332. The third kappa shape index (κ3) is 6.95. The van der Waals surface area contributed by atoms with Crippen molar-refractivity contribution in [3.63, 3.8) is 0 Å². The summed E-state index contributed by atoms with van der Waals surface area (Å²) in [6.07, 6.45) is 5.25. The second-order valence-electron chi connectivity index (χ2n) is 8.79. The minimum absolute atomic E-state index is 0.332. The number of nitrogens with one attached hydrogen (secondary N) is 1. The van der Waals surface area contributed by atoms with E-state index in [1.807, 2.05) is 19.1 Å². The predicted molar refractivity (Wildman–Crippen MR) is 135 cm³/mol. The van der Waals surface area contributed by atoms with Gasteiger partial charge in [-0.1, -0.05) is 55.3 Å². The first-order chi connectivity index (χ1) is 15.7. The van der Waals surface area contributed by atoms with Crippen molar-refractivity contribution >= 4 is 33.2 Å². The van der Waals surface area contributed by atoms with E-state index in [4.69, 9.17) is 11.6 Å². The van der Waals surface area contributed by atoms with Crippen molar-refractivity contribution in [2.45, 2.75) is 58.7 Å². The molecular weight excluding hydrogens is 458 g/mol. The Morgan fingerprint density at radius 3 is 2.45 bits per heavy atom. The van der Waals surface area contributed by atoms with Crippen LogP contribution in [0.5, 0.6) is 0 Å². The molecule has 1 heterocycles. The molecule has 0 spiro atoms. The van der Waals surface area contributed by atoms with Gasteiger partial charge in [0.2, 0.25) is 15.9 Å². The highest BCUT2D eigenvalue weighted by molar-refractivity contribution is 7.92. The molecule has 1 saturated heterocycles. The summed E-state index contributed by atoms with van der Waals surface area (Å²) >= 11 is 6.24. The maximum atomic E-state index is 13.1. The van der Waals surface area contributed by atoms with Crippen LogP contribution in [-0.4, -0.2) is 44.6 Å². The Labute approximate surface area is 203 Å². The SMILES string of the molecule is CC[C@H](C(=O)NCc1cccc(CN2CCCCC2)c1)N(c1ccc(C)c(Cl)c1)S(C)(=O)=O. The minimum atomic E-state index is -3.70. The maximum absolute atomic E-state index is 13.1. The first kappa shape index (κ1) is 25.5. The zero-order chi connectivity index (χ0) is 24.0. The topological polar surface area (TPSA) is 69.7 Å². The molecule has 1 fully saturated rings. The Kier molecular flexibility index (Phi) is 8.79. The number of amides is 1. The van der Waals surface area contributed by atoms with Gasteiger partial charge in [0.25, 0.3) is 0 Å². The number of nitrogens with zero attached hydrogens (tertiary/aromatic N) is 2. The van der Waals surface area contributed by atoms with Crippen LogP contribution in [0.1, 0.15) is 49.3 Å². The number of carbonyl (C=O) groups excluding carboxylic acids is 1. The standard InChI is InChI=1S/C25H34ClN3O3S/c1-4-24(29(33(3,31)32)22-12-11-19(2)23(26)16-22)25(30)27-17-20-9-8-10-21(15-20)18-28-13-6-5-7-14-28/h8-12,15-16,24H,4-7,13-14,17-18H2,1-3H3,(H,27,30)/t24-/m1/s1. The second-order valence-corrected chi connectivity index (χ2v) is 11.1. The molecule has 0 aliphatic carbocycles. The van der Waals surface area contributed by atoms with E-state index in [1.165, 1.54) is 29.1 Å². The Morgan fingerprint density at radius 2 is 1.82 bits per heavy atom. The van der Waals surface area contributed by atoms with Gasteiger partial charge in [0.05, 0.1) is 11.9 Å². The van der Waals surface area contributed by atoms with Crippen LogP contribution in [0.2, 0.25) is 5.02 Å². The lowest BCUT2D eigenvalue weighted by Crippen LogP contribution is -2.49. The molecule has 180 valence electrons. The smallest absolute Gasteiger partial charge is 0.244 e. The Hall–Kier alpha value is -2.09. The number of anilines is 1. The van der Waals surface area contributed by atoms with E-state index in [0.717, 1.165) is 37.0 Å². The van der Waals surface area contributed by atoms with E-state index in [0.29, 0.717) is 23.7 Å². The molecule has 1 atom stereocenters. The first-order valence-electron chi connectivity index (χ1n) is 11.5. The zero-order valence-electron chi connectivity index (χ0n) is 19.7. The van der Waals surface area contributed by atoms with Crippen molar-refractivity contribution in [2.75, 3.05) is 23.7 Å². The number of carbonyl (C=O) groups is 1. The highest BCUT2D eigenvalue weighted by Crippen LogP contribution is 2.27. The van der Waals surface area contributed by atoms with Crippen LogP contribution in [0.4, 0.5) is 5.69 Å². The molecular formula is C25H34ClN3O3S. The lowest BCUT2D eigenvalue weighted by atomic mass is 10.1. The van der Waals surface area contributed by atoms with Crippen molar-refractivity contribution in [1.29, 1.82) is 0 Å². The van der Waals surface area contributed by atoms with E-state index in [9.17, 15) is 13.2 Å². The van der Waals surface area contributed by atoms with Gasteiger partial charge in [0.15, 0.2) is 0 Å². The normalized spacial score (nSPS) is 15.8. The van der Waals surface area contributed by atoms with Crippen molar-refractivity contribution in [3.05, 3.63) is 64.2 Å². The molecule has 0 radical (unpaired) electrons. The van der Waals surface area contributed by atoms with E-state index >= 15 is 0 Å². The van der Waals surface area contributed by atoms with Crippen LogP contribution in [0, 0.1) is 6.92 Å². The van der Waals surface area contributed by atoms with Crippen LogP contribution in [0.15, 0.2) is 42.5 Å². The molecule has 1 aliphatic heterocycles. The molecule has 2 aromatic rings. The minimum Gasteiger partial charge on any atom is -0.350 e. The van der Waals surface area contributed by atoms with Gasteiger partial charge < -0.3 is 5.32 Å². The molecule has 0 saturated carbocycles. The molecule has 8 heteroatoms. The summed E-state index contributed by atoms with van der Waals surface area (Å²) in [7, 11) is -3.70. The quantitative estimate of drug-likeness (QED) is 0.561. The number of hydrogen-bond acceptors (Lipinski definition) is 4. The number of piperidine rings is 1. The lowest BCUT2D eigenvalue weighted by Gasteiger charge is -2.30. The summed E-state index contributed by atoms with van der Waals surface area (Å²) in [4.78, 5) is 15.6. The molecule has 1 amide bonds. The maximum Gasteiger partial charge on any atom is 0.244 e. The Bertz CT molecular complexity index is 1070. The summed E-state index contributed by atoms with van der Waals surface area (Å²) in [5.41, 5.74) is 3.45. The highest BCUT2D eigenvalue weighted by atomic mass is 35.5. The highest BCUT2D eigenvalue weighted by Gasteiger charge is 2.31. The molecule has 6 nitrogen and oxygen atoms in total. The fourth-order valence-electron chi connectivity index (χ4n) is 4.30. The molecule has 33 heavy (non-hydrogen) atoms. The van der Waals surface area contributed by atoms with Crippen LogP contribution in [0.3, 0.4) is 0 Å². The zero-order valence-corrected chi connectivity index (χ0v) is 21.3. The van der Waals surface area contributed by atoms with Gasteiger partial charge in [0.1, 0.15) is 6.04 Å². The third-order valence-electron chi connectivity index (χ3n) is 6.05. The molecule has 1 N–H and O–H groups in total. The lowest BCUT2D eigenvalue weighted by molar-refractivity contribution is -0.122. The van der Waals surface area contributed by atoms with Gasteiger partial charge in [-0.2, -0.15) is 0 Å². The van der Waals surface area contributed by atoms with Crippen molar-refractivity contribution in [1.82, 2.24) is 10.2 Å². The Balaban J connectivity index is 1.71. The number of benzene rings is 2. The largest absolute Gasteiger partial charge is 0.350 e. The third-order valence-corrected chi connectivity index (χ3v) is 7.64. The van der Waals surface area contributed by atoms with Gasteiger partial charge in [-0.15, -0.1) is 0 Å². The van der Waals surface area contributed by atoms with E-state index in [-0.39, 0.29) is 5.91 Å². The molecule has 1 aliphatic rings. The van der Waals surface area contributed by atoms with Crippen molar-refractivity contribution in [2.24, 2.45) is 0 Å². The Morgan fingerprint density at radius 1 is 1.12 bits per heavy atom. The fourth-order valence-corrected chi connectivity index (χ4v) is 5.68. The van der Waals surface area contributed by atoms with Crippen LogP contribution in [0.25, 0.3) is 0 Å². The van der Waals surface area contributed by atoms with E-state index in [2.05, 4.69) is 22.3 Å². The number of likely N-dealkylation sites (tertiary alicyclic amines) is 1. The van der Waals surface area contributed by atoms with Crippen molar-refractivity contribution in [3.8, 4) is 0 Å². The molecule has 0 aromatic heterocycles. The number of rotatable bonds is 9. The molecule has 0 bridgehead atoms. The van der Waals surface area contributed by atoms with Crippen molar-refractivity contribution < 1.29 is 13.2 Å². The van der Waals surface area contributed by atoms with Crippen LogP contribution >= 0.6 is 11.6 Å². The summed E-state index contributed by atoms with van der Waals surface area (Å²) in [6, 6.07) is 12.4. The number of hydrogen-bond donors (Lipinski definition) is 1. The van der Waals surface area contributed by atoms with Gasteiger partial charge in [-0.3, -0.25) is 14.0 Å². The number of sulfonamides is 1. The van der Waals surface area contributed by atoms with Gasteiger partial charge in [-0.05, 0) is 68.1 Å². The van der Waals surface area contributed by atoms with Crippen LogP contribution < -0.4 is 9.62 Å². The van der Waals surface area contributed by atoms with Gasteiger partial charge >= 0.3 is 0 Å².